The SMILES string of the molecule is C=CC1=C(C=C)C2(c3ccccc31)c1ccccc1-n1c2nc2cccc(-c3cccc(-c4nc(-c5ccccc5)nc(-c5ccccc5)n4)c3)c21. The second kappa shape index (κ2) is 11.5. The minimum absolute atomic E-state index is 0.616. The van der Waals surface area contributed by atoms with Gasteiger partial charge in [0.05, 0.1) is 16.7 Å². The molecule has 0 bridgehead atoms. The summed E-state index contributed by atoms with van der Waals surface area (Å²) in [5.74, 6) is 2.84. The zero-order valence-electron chi connectivity index (χ0n) is 28.2. The number of hydrogen-bond donors (Lipinski definition) is 0. The number of benzene rings is 6. The van der Waals surface area contributed by atoms with Gasteiger partial charge >= 0.3 is 0 Å². The van der Waals surface area contributed by atoms with Gasteiger partial charge in [0.25, 0.3) is 0 Å². The number of rotatable bonds is 6. The minimum Gasteiger partial charge on any atom is -0.294 e. The molecule has 1 aliphatic carbocycles. The molecular weight excluding hydrogens is 635 g/mol. The van der Waals surface area contributed by atoms with Gasteiger partial charge in [-0.2, -0.15) is 0 Å². The Morgan fingerprint density at radius 3 is 1.73 bits per heavy atom. The van der Waals surface area contributed by atoms with E-state index in [0.29, 0.717) is 17.5 Å². The van der Waals surface area contributed by atoms with Crippen molar-refractivity contribution in [1.82, 2.24) is 24.5 Å². The van der Waals surface area contributed by atoms with Crippen molar-refractivity contribution in [3.63, 3.8) is 0 Å². The molecule has 8 aromatic rings. The van der Waals surface area contributed by atoms with Crippen LogP contribution in [0.5, 0.6) is 0 Å². The summed E-state index contributed by atoms with van der Waals surface area (Å²) in [5.41, 5.74) is 13.1. The van der Waals surface area contributed by atoms with Crippen molar-refractivity contribution in [2.45, 2.75) is 5.41 Å². The van der Waals surface area contributed by atoms with Crippen LogP contribution in [0.2, 0.25) is 0 Å². The molecule has 52 heavy (non-hydrogen) atoms. The van der Waals surface area contributed by atoms with Crippen LogP contribution < -0.4 is 0 Å². The predicted molar refractivity (Wildman–Crippen MR) is 210 cm³/mol. The largest absolute Gasteiger partial charge is 0.294 e. The Kier molecular flexibility index (Phi) is 6.63. The maximum Gasteiger partial charge on any atom is 0.164 e. The fourth-order valence-electron chi connectivity index (χ4n) is 8.27. The average molecular weight is 666 g/mol. The van der Waals surface area contributed by atoms with Gasteiger partial charge in [0.1, 0.15) is 11.2 Å². The number of para-hydroxylation sites is 2. The number of imidazole rings is 1. The van der Waals surface area contributed by atoms with E-state index in [1.165, 1.54) is 11.1 Å². The third kappa shape index (κ3) is 4.17. The molecule has 5 nitrogen and oxygen atoms in total. The summed E-state index contributed by atoms with van der Waals surface area (Å²) in [7, 11) is 0. The Morgan fingerprint density at radius 2 is 1.04 bits per heavy atom. The molecule has 244 valence electrons. The van der Waals surface area contributed by atoms with Crippen molar-refractivity contribution in [2.24, 2.45) is 0 Å². The molecular formula is C47H31N5. The van der Waals surface area contributed by atoms with Gasteiger partial charge in [-0.1, -0.05) is 159 Å². The molecule has 1 aliphatic heterocycles. The Balaban J connectivity index is 1.20. The van der Waals surface area contributed by atoms with Crippen molar-refractivity contribution in [2.75, 3.05) is 0 Å². The van der Waals surface area contributed by atoms with Gasteiger partial charge in [0, 0.05) is 22.3 Å². The average Bonchev–Trinajstić information content (AvgIpc) is 3.84. The highest BCUT2D eigenvalue weighted by Crippen LogP contribution is 2.60. The van der Waals surface area contributed by atoms with E-state index in [0.717, 1.165) is 67.1 Å². The molecule has 0 saturated carbocycles. The second-order valence-corrected chi connectivity index (χ2v) is 13.1. The lowest BCUT2D eigenvalue weighted by atomic mass is 9.72. The van der Waals surface area contributed by atoms with Crippen molar-refractivity contribution in [1.29, 1.82) is 0 Å². The van der Waals surface area contributed by atoms with Crippen LogP contribution in [-0.2, 0) is 5.41 Å². The fraction of sp³-hybridized carbons (Fsp3) is 0.0213. The molecule has 0 radical (unpaired) electrons. The molecule has 3 heterocycles. The molecule has 0 fully saturated rings. The zero-order chi connectivity index (χ0) is 34.8. The zero-order valence-corrected chi connectivity index (χ0v) is 28.2. The van der Waals surface area contributed by atoms with Crippen LogP contribution in [-0.4, -0.2) is 24.5 Å². The molecule has 6 aromatic carbocycles. The number of nitrogens with zero attached hydrogens (tertiary/aromatic N) is 5. The van der Waals surface area contributed by atoms with Gasteiger partial charge in [-0.15, -0.1) is 0 Å². The highest BCUT2D eigenvalue weighted by Gasteiger charge is 2.54. The van der Waals surface area contributed by atoms with Crippen LogP contribution in [0, 0.1) is 0 Å². The first-order chi connectivity index (χ1) is 25.7. The lowest BCUT2D eigenvalue weighted by Gasteiger charge is -2.28. The number of hydrogen-bond acceptors (Lipinski definition) is 4. The lowest BCUT2D eigenvalue weighted by molar-refractivity contribution is 0.732. The summed E-state index contributed by atoms with van der Waals surface area (Å²) in [6.07, 6.45) is 3.96. The van der Waals surface area contributed by atoms with E-state index in [-0.39, 0.29) is 0 Å². The molecule has 5 heteroatoms. The molecule has 1 unspecified atom stereocenters. The summed E-state index contributed by atoms with van der Waals surface area (Å²) in [6.45, 7) is 8.57. The van der Waals surface area contributed by atoms with Crippen molar-refractivity contribution in [3.8, 4) is 51.0 Å². The second-order valence-electron chi connectivity index (χ2n) is 13.1. The summed E-state index contributed by atoms with van der Waals surface area (Å²) >= 11 is 0. The fourth-order valence-corrected chi connectivity index (χ4v) is 8.27. The summed E-state index contributed by atoms with van der Waals surface area (Å²) in [5, 5.41) is 0. The van der Waals surface area contributed by atoms with Crippen LogP contribution in [0.3, 0.4) is 0 Å². The normalized spacial score (nSPS) is 15.5. The van der Waals surface area contributed by atoms with Gasteiger partial charge in [-0.05, 0) is 51.6 Å². The van der Waals surface area contributed by atoms with Gasteiger partial charge in [-0.3, -0.25) is 4.57 Å². The van der Waals surface area contributed by atoms with E-state index in [9.17, 15) is 0 Å². The van der Waals surface area contributed by atoms with Crippen LogP contribution in [0.25, 0.3) is 67.6 Å². The van der Waals surface area contributed by atoms with Gasteiger partial charge in [-0.25, -0.2) is 19.9 Å². The van der Waals surface area contributed by atoms with Gasteiger partial charge in [0.2, 0.25) is 0 Å². The van der Waals surface area contributed by atoms with E-state index in [1.54, 1.807) is 0 Å². The summed E-state index contributed by atoms with van der Waals surface area (Å²) in [6, 6.07) is 52.3. The first kappa shape index (κ1) is 29.9. The Hall–Kier alpha value is -6.98. The topological polar surface area (TPSA) is 56.5 Å². The van der Waals surface area contributed by atoms with E-state index in [2.05, 4.69) is 109 Å². The van der Waals surface area contributed by atoms with E-state index >= 15 is 0 Å². The maximum absolute atomic E-state index is 5.48. The maximum atomic E-state index is 5.48. The molecule has 0 amide bonds. The predicted octanol–water partition coefficient (Wildman–Crippen LogP) is 10.7. The highest BCUT2D eigenvalue weighted by molar-refractivity contribution is 5.99. The molecule has 1 spiro atoms. The molecule has 1 atom stereocenters. The van der Waals surface area contributed by atoms with Crippen molar-refractivity contribution in [3.05, 3.63) is 205 Å². The third-order valence-electron chi connectivity index (χ3n) is 10.4. The number of aromatic nitrogens is 5. The van der Waals surface area contributed by atoms with E-state index in [1.807, 2.05) is 72.8 Å². The van der Waals surface area contributed by atoms with Gasteiger partial charge in [0.15, 0.2) is 17.5 Å². The quantitative estimate of drug-likeness (QED) is 0.177. The first-order valence-electron chi connectivity index (χ1n) is 17.4. The smallest absolute Gasteiger partial charge is 0.164 e. The molecule has 10 rings (SSSR count). The lowest BCUT2D eigenvalue weighted by Crippen LogP contribution is -2.27. The summed E-state index contributed by atoms with van der Waals surface area (Å²) in [4.78, 5) is 20.4. The van der Waals surface area contributed by atoms with Crippen molar-refractivity contribution >= 4 is 16.6 Å². The Bertz CT molecular complexity index is 2720. The molecule has 0 saturated heterocycles. The monoisotopic (exact) mass is 665 g/mol. The highest BCUT2D eigenvalue weighted by atomic mass is 15.1. The molecule has 2 aliphatic rings. The summed E-state index contributed by atoms with van der Waals surface area (Å²) < 4.78 is 2.36. The minimum atomic E-state index is -0.622. The van der Waals surface area contributed by atoms with Gasteiger partial charge < -0.3 is 0 Å². The number of fused-ring (bicyclic) bond motifs is 9. The Morgan fingerprint density at radius 1 is 0.481 bits per heavy atom. The van der Waals surface area contributed by atoms with Crippen LogP contribution in [0.4, 0.5) is 0 Å². The van der Waals surface area contributed by atoms with E-state index in [4.69, 9.17) is 19.9 Å². The van der Waals surface area contributed by atoms with Crippen LogP contribution in [0.15, 0.2) is 183 Å². The molecule has 0 N–H and O–H groups in total. The third-order valence-corrected chi connectivity index (χ3v) is 10.4. The van der Waals surface area contributed by atoms with Crippen molar-refractivity contribution < 1.29 is 0 Å². The van der Waals surface area contributed by atoms with Crippen LogP contribution >= 0.6 is 0 Å². The van der Waals surface area contributed by atoms with Crippen LogP contribution in [0.1, 0.15) is 22.5 Å². The Labute approximate surface area is 301 Å². The number of allylic oxidation sites excluding steroid dienone is 4. The standard InChI is InChI=1S/C47H31N5/c1-3-34-36-23-11-12-25-38(36)47(37(34)4-2)39-26-13-14-28-41(39)52-42-35(24-16-27-40(42)48-46(47)52)32-21-15-22-33(29-32)45-50-43(30-17-7-5-8-18-30)49-44(51-45)31-19-9-6-10-20-31/h3-29H,1-2H2. The van der Waals surface area contributed by atoms with E-state index < -0.39 is 5.41 Å². The molecule has 2 aromatic heterocycles. The first-order valence-corrected chi connectivity index (χ1v) is 17.4.